The van der Waals surface area contributed by atoms with Crippen molar-refractivity contribution in [3.05, 3.63) is 96.5 Å². The Balaban J connectivity index is 0.00000281. The van der Waals surface area contributed by atoms with E-state index in [-0.39, 0.29) is 6.10 Å². The predicted octanol–water partition coefficient (Wildman–Crippen LogP) is 7.13. The van der Waals surface area contributed by atoms with Crippen LogP contribution in [0.2, 0.25) is 0 Å². The second-order valence-corrected chi connectivity index (χ2v) is 8.69. The van der Waals surface area contributed by atoms with Gasteiger partial charge in [0, 0.05) is 48.5 Å². The first kappa shape index (κ1) is 29.9. The van der Waals surface area contributed by atoms with Gasteiger partial charge in [-0.15, -0.1) is 24.8 Å². The summed E-state index contributed by atoms with van der Waals surface area (Å²) in [5.74, 6) is 0.393. The summed E-state index contributed by atoms with van der Waals surface area (Å²) >= 11 is 12.2. The number of hydrogen-bond acceptors (Lipinski definition) is 4. The maximum Gasteiger partial charge on any atom is 0.107 e. The number of hydrogen-bond donors (Lipinski definition) is 0. The van der Waals surface area contributed by atoms with Gasteiger partial charge in [-0.25, -0.2) is 0 Å². The number of alkyl halides is 1. The highest BCUT2D eigenvalue weighted by Gasteiger charge is 2.36. The third-order valence-corrected chi connectivity index (χ3v) is 5.50. The molecule has 0 aromatic carbocycles. The van der Waals surface area contributed by atoms with Gasteiger partial charge in [0.05, 0.1) is 13.4 Å². The molecular weight excluding hydrogens is 467 g/mol. The van der Waals surface area contributed by atoms with Crippen molar-refractivity contribution in [1.29, 1.82) is 0 Å². The number of likely N-dealkylation sites (tertiary alicyclic amines) is 1. The fourth-order valence-corrected chi connectivity index (χ4v) is 3.99. The topological polar surface area (TPSA) is 34.1 Å². The fourth-order valence-electron chi connectivity index (χ4n) is 3.69. The molecule has 1 fully saturated rings. The van der Waals surface area contributed by atoms with E-state index in [0.717, 1.165) is 43.6 Å². The van der Waals surface area contributed by atoms with E-state index in [1.165, 1.54) is 0 Å². The van der Waals surface area contributed by atoms with Gasteiger partial charge in [0.15, 0.2) is 0 Å². The number of nitrogens with zero attached hydrogens (tertiary/aromatic N) is 2. The SMILES string of the molecule is C=C.C\C=C/C=C\C(=C\OC)CN1CCC2(C=N/C=C\C=C\C(C(/C=C(\C)Cl)=C/CCl)O2)CC1. The summed E-state index contributed by atoms with van der Waals surface area (Å²) < 4.78 is 12.0. The van der Waals surface area contributed by atoms with Crippen LogP contribution in [-0.4, -0.2) is 55.4 Å². The lowest BCUT2D eigenvalue weighted by Gasteiger charge is -2.41. The molecule has 0 aromatic rings. The summed E-state index contributed by atoms with van der Waals surface area (Å²) in [6.45, 7) is 12.5. The van der Waals surface area contributed by atoms with Gasteiger partial charge in [-0.05, 0) is 44.4 Å². The summed E-state index contributed by atoms with van der Waals surface area (Å²) in [5.41, 5.74) is 1.63. The Bertz CT molecular complexity index is 838. The minimum absolute atomic E-state index is 0.254. The van der Waals surface area contributed by atoms with Crippen LogP contribution in [0.4, 0.5) is 0 Å². The molecule has 0 saturated carbocycles. The van der Waals surface area contributed by atoms with Gasteiger partial charge in [-0.2, -0.15) is 0 Å². The maximum atomic E-state index is 6.70. The molecule has 0 N–H and O–H groups in total. The normalized spacial score (nSPS) is 23.8. The molecule has 2 heterocycles. The summed E-state index contributed by atoms with van der Waals surface area (Å²) in [6.07, 6.45) is 24.9. The number of allylic oxidation sites excluding steroid dienone is 7. The third kappa shape index (κ3) is 10.9. The van der Waals surface area contributed by atoms with Gasteiger partial charge >= 0.3 is 0 Å². The smallest absolute Gasteiger partial charge is 0.107 e. The van der Waals surface area contributed by atoms with E-state index in [2.05, 4.69) is 29.1 Å². The fraction of sp³-hybridized carbons (Fsp3) is 0.393. The van der Waals surface area contributed by atoms with E-state index in [9.17, 15) is 0 Å². The molecule has 6 heteroatoms. The second-order valence-electron chi connectivity index (χ2n) is 7.79. The molecule has 1 saturated heterocycles. The third-order valence-electron chi connectivity index (χ3n) is 5.24. The standard InChI is InChI=1S/C26H34Cl2N2O2.C2H4/c1-4-5-6-9-23(20-31-3)19-30-16-12-26(13-17-30)21-29-15-8-7-10-25(32-26)24(11-14-27)18-22(2)28;1-2/h4-11,15,18,20-21,25H,12-14,16-17,19H2,1-3H3;1-2H2/b5-4-,9-6-,10-7+,15-8-,22-18+,23-20-,24-11+,29-21?;. The zero-order chi connectivity index (χ0) is 25.2. The first-order valence-electron chi connectivity index (χ1n) is 11.4. The van der Waals surface area contributed by atoms with Crippen molar-refractivity contribution in [2.45, 2.75) is 38.4 Å². The van der Waals surface area contributed by atoms with Crippen molar-refractivity contribution in [3.63, 3.8) is 0 Å². The van der Waals surface area contributed by atoms with Crippen LogP contribution in [0.5, 0.6) is 0 Å². The first-order valence-corrected chi connectivity index (χ1v) is 12.3. The van der Waals surface area contributed by atoms with E-state index in [4.69, 9.17) is 32.7 Å². The molecule has 34 heavy (non-hydrogen) atoms. The van der Waals surface area contributed by atoms with Crippen LogP contribution in [0.15, 0.2) is 101 Å². The van der Waals surface area contributed by atoms with E-state index in [0.29, 0.717) is 10.9 Å². The molecule has 4 nitrogen and oxygen atoms in total. The van der Waals surface area contributed by atoms with Gasteiger partial charge in [0.1, 0.15) is 11.7 Å². The van der Waals surface area contributed by atoms with Crippen LogP contribution < -0.4 is 0 Å². The lowest BCUT2D eigenvalue weighted by atomic mass is 9.91. The number of rotatable bonds is 8. The lowest BCUT2D eigenvalue weighted by Crippen LogP contribution is -2.49. The number of methoxy groups -OCH3 is 1. The van der Waals surface area contributed by atoms with Crippen molar-refractivity contribution in [3.8, 4) is 0 Å². The van der Waals surface area contributed by atoms with E-state index in [1.54, 1.807) is 19.6 Å². The van der Waals surface area contributed by atoms with Crippen molar-refractivity contribution in [1.82, 2.24) is 4.90 Å². The molecule has 0 bridgehead atoms. The average molecular weight is 506 g/mol. The van der Waals surface area contributed by atoms with Crippen molar-refractivity contribution in [2.24, 2.45) is 4.99 Å². The van der Waals surface area contributed by atoms with Crippen molar-refractivity contribution < 1.29 is 9.47 Å². The second kappa shape index (κ2) is 17.3. The molecule has 0 aromatic heterocycles. The predicted molar refractivity (Wildman–Crippen MR) is 149 cm³/mol. The zero-order valence-electron chi connectivity index (χ0n) is 20.6. The van der Waals surface area contributed by atoms with Crippen molar-refractivity contribution in [2.75, 3.05) is 32.6 Å². The molecule has 1 atom stereocenters. The molecule has 0 amide bonds. The highest BCUT2D eigenvalue weighted by molar-refractivity contribution is 6.29. The van der Waals surface area contributed by atoms with Gasteiger partial charge in [-0.1, -0.05) is 54.1 Å². The van der Waals surface area contributed by atoms with Crippen LogP contribution in [0.1, 0.15) is 26.7 Å². The lowest BCUT2D eigenvalue weighted by molar-refractivity contribution is -0.0453. The Morgan fingerprint density at radius 1 is 1.26 bits per heavy atom. The largest absolute Gasteiger partial charge is 0.504 e. The quantitative estimate of drug-likeness (QED) is 0.152. The van der Waals surface area contributed by atoms with E-state index >= 15 is 0 Å². The maximum absolute atomic E-state index is 6.70. The molecule has 0 aliphatic carbocycles. The summed E-state index contributed by atoms with van der Waals surface area (Å²) in [6, 6.07) is 0. The van der Waals surface area contributed by atoms with Gasteiger partial charge < -0.3 is 9.47 Å². The monoisotopic (exact) mass is 504 g/mol. The van der Waals surface area contributed by atoms with Crippen LogP contribution in [0.3, 0.4) is 0 Å². The summed E-state index contributed by atoms with van der Waals surface area (Å²) in [7, 11) is 1.68. The highest BCUT2D eigenvalue weighted by atomic mass is 35.5. The zero-order valence-corrected chi connectivity index (χ0v) is 22.1. The number of ether oxygens (including phenoxy) is 2. The van der Waals surface area contributed by atoms with E-state index in [1.807, 2.05) is 68.7 Å². The van der Waals surface area contributed by atoms with Crippen LogP contribution >= 0.6 is 23.2 Å². The molecule has 1 spiro atoms. The van der Waals surface area contributed by atoms with Gasteiger partial charge in [-0.3, -0.25) is 9.89 Å². The highest BCUT2D eigenvalue weighted by Crippen LogP contribution is 2.30. The first-order chi connectivity index (χ1) is 16.5. The molecule has 1 unspecified atom stereocenters. The Hall–Kier alpha value is -2.11. The van der Waals surface area contributed by atoms with Crippen LogP contribution in [0, 0.1) is 0 Å². The Kier molecular flexibility index (Phi) is 15.3. The molecular formula is C28H38Cl2N2O2. The molecule has 0 radical (unpaired) electrons. The van der Waals surface area contributed by atoms with Gasteiger partial charge in [0.2, 0.25) is 0 Å². The minimum Gasteiger partial charge on any atom is -0.504 e. The number of aliphatic imine (C=N–C) groups is 1. The number of halogens is 2. The summed E-state index contributed by atoms with van der Waals surface area (Å²) in [4.78, 5) is 6.91. The molecule has 2 rings (SSSR count). The Labute approximate surface area is 216 Å². The van der Waals surface area contributed by atoms with Crippen LogP contribution in [0.25, 0.3) is 0 Å². The van der Waals surface area contributed by atoms with Crippen molar-refractivity contribution >= 4 is 29.4 Å². The summed E-state index contributed by atoms with van der Waals surface area (Å²) in [5, 5.41) is 0.690. The average Bonchev–Trinajstić information content (AvgIpc) is 2.93. The Morgan fingerprint density at radius 3 is 2.62 bits per heavy atom. The minimum atomic E-state index is -0.453. The molecule has 186 valence electrons. The Morgan fingerprint density at radius 2 is 2.00 bits per heavy atom. The van der Waals surface area contributed by atoms with Gasteiger partial charge in [0.25, 0.3) is 0 Å². The number of piperidine rings is 1. The molecule has 2 aliphatic heterocycles. The van der Waals surface area contributed by atoms with E-state index < -0.39 is 5.60 Å². The van der Waals surface area contributed by atoms with Crippen LogP contribution in [-0.2, 0) is 9.47 Å². The molecule has 2 aliphatic rings.